The summed E-state index contributed by atoms with van der Waals surface area (Å²) in [4.78, 5) is 45.5. The van der Waals surface area contributed by atoms with E-state index in [2.05, 4.69) is 36.2 Å². The molecule has 2 fully saturated rings. The second kappa shape index (κ2) is 21.6. The van der Waals surface area contributed by atoms with Crippen LogP contribution in [0.1, 0.15) is 61.3 Å². The summed E-state index contributed by atoms with van der Waals surface area (Å²) in [5, 5.41) is 37.4. The van der Waals surface area contributed by atoms with E-state index >= 15 is 0 Å². The quantitative estimate of drug-likeness (QED) is 0.0683. The monoisotopic (exact) mass is 984 g/mol. The highest BCUT2D eigenvalue weighted by Crippen LogP contribution is 2.33. The first kappa shape index (κ1) is 50.0. The number of carbonyl (C=O) groups is 3. The molecule has 69 heavy (non-hydrogen) atoms. The van der Waals surface area contributed by atoms with Crippen molar-refractivity contribution in [1.82, 2.24) is 30.5 Å². The van der Waals surface area contributed by atoms with Gasteiger partial charge >= 0.3 is 18.0 Å². The number of benzene rings is 4. The number of aromatic nitrogens is 4. The highest BCUT2D eigenvalue weighted by atomic mass is 35.5. The molecule has 2 aliphatic heterocycles. The molecule has 18 nitrogen and oxygen atoms in total. The summed E-state index contributed by atoms with van der Waals surface area (Å²) in [5.41, 5.74) is 3.87. The predicted octanol–water partition coefficient (Wildman–Crippen LogP) is 9.79. The standard InChI is InChI=1S/C27H31ClN4O6.C22H23ClN4O4/c1-15(2)36-22-11-8-17(12-20(22)28)23-30-24(38-31-23)16-6-9-18(10-7-16)29-19-13-21(25(33)34)32(14-19)26(35)37-27(3,4)5;1-12(2)30-19-8-5-14(9-17(19)23)20-26-21(31-27-20)13-3-6-15(7-4-13)25-16-10-18(22(28)29)24-11-16/h6-12,15,19,21,29H,13-14H2,1-5H3,(H,33,34);3-9,12,16,18,24-25H,10-11H2,1-2H3,(H,28,29)/t19-,21-;16-,18-/m11/s1. The lowest BCUT2D eigenvalue weighted by Gasteiger charge is -2.26. The van der Waals surface area contributed by atoms with Crippen molar-refractivity contribution in [3.8, 4) is 57.2 Å². The van der Waals surface area contributed by atoms with Crippen molar-refractivity contribution in [3.05, 3.63) is 95.0 Å². The number of rotatable bonds is 14. The van der Waals surface area contributed by atoms with Gasteiger partial charge in [-0.1, -0.05) is 33.5 Å². The molecule has 0 aliphatic carbocycles. The topological polar surface area (TPSA) is 237 Å². The van der Waals surface area contributed by atoms with Crippen LogP contribution in [0.3, 0.4) is 0 Å². The maximum Gasteiger partial charge on any atom is 0.411 e. The van der Waals surface area contributed by atoms with Crippen LogP contribution in [-0.2, 0) is 14.3 Å². The van der Waals surface area contributed by atoms with Gasteiger partial charge < -0.3 is 49.4 Å². The van der Waals surface area contributed by atoms with Crippen molar-refractivity contribution in [2.75, 3.05) is 23.7 Å². The normalized spacial score (nSPS) is 17.9. The highest BCUT2D eigenvalue weighted by Gasteiger charge is 2.41. The Kier molecular flexibility index (Phi) is 15.7. The van der Waals surface area contributed by atoms with Gasteiger partial charge in [-0.05, 0) is 140 Å². The van der Waals surface area contributed by atoms with Crippen molar-refractivity contribution in [1.29, 1.82) is 0 Å². The third-order valence-electron chi connectivity index (χ3n) is 10.6. The third kappa shape index (κ3) is 13.2. The van der Waals surface area contributed by atoms with Gasteiger partial charge in [0.1, 0.15) is 29.2 Å². The number of likely N-dealkylation sites (tertiary alicyclic amines) is 1. The zero-order valence-electron chi connectivity index (χ0n) is 39.0. The summed E-state index contributed by atoms with van der Waals surface area (Å²) in [6.07, 6.45) is 0.186. The van der Waals surface area contributed by atoms with Gasteiger partial charge in [0.25, 0.3) is 11.8 Å². The maximum atomic E-state index is 12.5. The number of amides is 1. The lowest BCUT2D eigenvalue weighted by molar-refractivity contribution is -0.142. The lowest BCUT2D eigenvalue weighted by Crippen LogP contribution is -2.43. The summed E-state index contributed by atoms with van der Waals surface area (Å²) >= 11 is 12.6. The Morgan fingerprint density at radius 3 is 1.57 bits per heavy atom. The average Bonchev–Trinajstić information content (AvgIpc) is 4.13. The molecule has 2 saturated heterocycles. The van der Waals surface area contributed by atoms with Gasteiger partial charge in [0.15, 0.2) is 0 Å². The lowest BCUT2D eigenvalue weighted by atomic mass is 10.1. The number of ether oxygens (including phenoxy) is 3. The number of halogens is 2. The van der Waals surface area contributed by atoms with Crippen LogP contribution in [-0.4, -0.2) is 108 Å². The molecule has 5 N–H and O–H groups in total. The first-order valence-electron chi connectivity index (χ1n) is 22.3. The van der Waals surface area contributed by atoms with Gasteiger partial charge in [0.2, 0.25) is 11.6 Å². The van der Waals surface area contributed by atoms with E-state index in [0.29, 0.717) is 69.1 Å². The van der Waals surface area contributed by atoms with E-state index in [9.17, 15) is 19.5 Å². The summed E-state index contributed by atoms with van der Waals surface area (Å²) in [7, 11) is 0. The fraction of sp³-hybridized carbons (Fsp3) is 0.367. The van der Waals surface area contributed by atoms with E-state index < -0.39 is 35.7 Å². The van der Waals surface area contributed by atoms with Gasteiger partial charge in [-0.15, -0.1) is 0 Å². The second-order valence-electron chi connectivity index (χ2n) is 18.1. The number of carboxylic acids is 2. The van der Waals surface area contributed by atoms with Gasteiger partial charge in [0, 0.05) is 65.2 Å². The van der Waals surface area contributed by atoms with Crippen LogP contribution in [0.15, 0.2) is 94.0 Å². The van der Waals surface area contributed by atoms with Crippen LogP contribution < -0.4 is 25.4 Å². The van der Waals surface area contributed by atoms with Gasteiger partial charge in [-0.25, -0.2) is 9.59 Å². The Balaban J connectivity index is 0.000000208. The Hall–Kier alpha value is -6.89. The van der Waals surface area contributed by atoms with Crippen molar-refractivity contribution in [2.45, 2.75) is 103 Å². The SMILES string of the molecule is CC(C)Oc1ccc(-c2noc(-c3ccc(N[C@@H]4C[C@H](C(=O)O)N(C(=O)OC(C)(C)C)C4)cc3)n2)cc1Cl.CC(C)Oc1ccc(-c2noc(-c3ccc(N[C@H]4CN[C@@H](C(=O)O)C4)cc3)n2)cc1Cl. The molecule has 2 aliphatic rings. The number of aliphatic carboxylic acids is 2. The second-order valence-corrected chi connectivity index (χ2v) is 18.9. The molecule has 2 aromatic heterocycles. The molecule has 6 aromatic rings. The average molecular weight is 986 g/mol. The molecule has 364 valence electrons. The molecule has 1 amide bonds. The Labute approximate surface area is 408 Å². The fourth-order valence-electron chi connectivity index (χ4n) is 7.52. The van der Waals surface area contributed by atoms with E-state index in [1.54, 1.807) is 45.0 Å². The van der Waals surface area contributed by atoms with Crippen molar-refractivity contribution in [3.63, 3.8) is 0 Å². The molecule has 0 bridgehead atoms. The maximum absolute atomic E-state index is 12.5. The number of nitrogens with one attached hydrogen (secondary N) is 3. The Morgan fingerprint density at radius 2 is 1.16 bits per heavy atom. The number of anilines is 2. The number of nitrogens with zero attached hydrogens (tertiary/aromatic N) is 5. The minimum absolute atomic E-state index is 0.00349. The van der Waals surface area contributed by atoms with Gasteiger partial charge in [-0.3, -0.25) is 9.69 Å². The van der Waals surface area contributed by atoms with E-state index in [1.807, 2.05) is 88.4 Å². The minimum atomic E-state index is -1.06. The number of hydrogen-bond donors (Lipinski definition) is 5. The minimum Gasteiger partial charge on any atom is -0.489 e. The molecular formula is C49H54Cl2N8O10. The fourth-order valence-corrected chi connectivity index (χ4v) is 7.97. The summed E-state index contributed by atoms with van der Waals surface area (Å²) in [6.45, 7) is 13.8. The van der Waals surface area contributed by atoms with Gasteiger partial charge in [-0.2, -0.15) is 9.97 Å². The molecular weight excluding hydrogens is 931 g/mol. The van der Waals surface area contributed by atoms with E-state index in [1.165, 1.54) is 4.90 Å². The molecule has 8 rings (SSSR count). The zero-order valence-corrected chi connectivity index (χ0v) is 40.5. The third-order valence-corrected chi connectivity index (χ3v) is 11.2. The molecule has 0 unspecified atom stereocenters. The summed E-state index contributed by atoms with van der Waals surface area (Å²) < 4.78 is 27.6. The van der Waals surface area contributed by atoms with Crippen LogP contribution in [0.2, 0.25) is 10.0 Å². The van der Waals surface area contributed by atoms with Crippen LogP contribution >= 0.6 is 23.2 Å². The molecule has 0 saturated carbocycles. The van der Waals surface area contributed by atoms with Crippen LogP contribution in [0, 0.1) is 0 Å². The number of carbonyl (C=O) groups excluding carboxylic acids is 1. The van der Waals surface area contributed by atoms with Crippen LogP contribution in [0.4, 0.5) is 16.2 Å². The smallest absolute Gasteiger partial charge is 0.411 e. The van der Waals surface area contributed by atoms with Crippen molar-refractivity contribution in [2.24, 2.45) is 0 Å². The first-order chi connectivity index (χ1) is 32.8. The molecule has 4 heterocycles. The van der Waals surface area contributed by atoms with E-state index in [4.69, 9.17) is 51.6 Å². The first-order valence-corrected chi connectivity index (χ1v) is 23.1. The Bertz CT molecular complexity index is 2740. The van der Waals surface area contributed by atoms with Crippen molar-refractivity contribution < 1.29 is 47.9 Å². The van der Waals surface area contributed by atoms with E-state index in [0.717, 1.165) is 22.5 Å². The Morgan fingerprint density at radius 1 is 0.696 bits per heavy atom. The highest BCUT2D eigenvalue weighted by molar-refractivity contribution is 6.32. The van der Waals surface area contributed by atoms with Gasteiger partial charge in [0.05, 0.1) is 22.3 Å². The molecule has 4 aromatic carbocycles. The molecule has 0 spiro atoms. The molecule has 20 heteroatoms. The molecule has 0 radical (unpaired) electrons. The number of hydrogen-bond acceptors (Lipinski definition) is 15. The predicted molar refractivity (Wildman–Crippen MR) is 260 cm³/mol. The molecule has 4 atom stereocenters. The van der Waals surface area contributed by atoms with Crippen LogP contribution in [0.5, 0.6) is 11.5 Å². The summed E-state index contributed by atoms with van der Waals surface area (Å²) in [5.74, 6) is 0.880. The van der Waals surface area contributed by atoms with Crippen molar-refractivity contribution >= 4 is 52.6 Å². The zero-order chi connectivity index (χ0) is 49.6. The largest absolute Gasteiger partial charge is 0.489 e. The van der Waals surface area contributed by atoms with E-state index in [-0.39, 0.29) is 37.3 Å². The number of carboxylic acid groups (broad SMARTS) is 2. The summed E-state index contributed by atoms with van der Waals surface area (Å²) in [6, 6.07) is 23.9. The van der Waals surface area contributed by atoms with Crippen LogP contribution in [0.25, 0.3) is 45.7 Å².